The van der Waals surface area contributed by atoms with Crippen LogP contribution in [0.5, 0.6) is 5.75 Å². The second-order valence-electron chi connectivity index (χ2n) is 7.61. The van der Waals surface area contributed by atoms with Crippen molar-refractivity contribution in [3.05, 3.63) is 40.4 Å². The van der Waals surface area contributed by atoms with Gasteiger partial charge < -0.3 is 4.74 Å². The zero-order chi connectivity index (χ0) is 19.8. The Balaban J connectivity index is 1.58. The lowest BCUT2D eigenvalue weighted by Crippen LogP contribution is -2.13. The van der Waals surface area contributed by atoms with Crippen LogP contribution in [0.3, 0.4) is 0 Å². The summed E-state index contributed by atoms with van der Waals surface area (Å²) in [5.74, 6) is 0.126. The Labute approximate surface area is 169 Å². The lowest BCUT2D eigenvalue weighted by molar-refractivity contribution is -0.136. The Morgan fingerprint density at radius 1 is 1.26 bits per heavy atom. The lowest BCUT2D eigenvalue weighted by atomic mass is 10.1. The van der Waals surface area contributed by atoms with E-state index in [4.69, 9.17) is 27.9 Å². The quantitative estimate of drug-likeness (QED) is 0.405. The predicted molar refractivity (Wildman–Crippen MR) is 107 cm³/mol. The number of nitrogens with zero attached hydrogens (tertiary/aromatic N) is 1. The van der Waals surface area contributed by atoms with Crippen LogP contribution < -0.4 is 4.74 Å². The molecule has 0 spiro atoms. The van der Waals surface area contributed by atoms with Crippen LogP contribution in [0.25, 0.3) is 0 Å². The highest BCUT2D eigenvalue weighted by molar-refractivity contribution is 7.91. The molecule has 0 unspecified atom stereocenters. The summed E-state index contributed by atoms with van der Waals surface area (Å²) in [6.45, 7) is 3.94. The minimum absolute atomic E-state index is 0.0379. The Bertz CT molecular complexity index is 887. The van der Waals surface area contributed by atoms with Crippen molar-refractivity contribution in [2.45, 2.75) is 26.3 Å². The van der Waals surface area contributed by atoms with Gasteiger partial charge in [-0.05, 0) is 53.7 Å². The van der Waals surface area contributed by atoms with Crippen LogP contribution in [0.1, 0.15) is 25.8 Å². The van der Waals surface area contributed by atoms with E-state index in [-0.39, 0.29) is 45.3 Å². The summed E-state index contributed by atoms with van der Waals surface area (Å²) in [7, 11) is -2.94. The number of esters is 1. The van der Waals surface area contributed by atoms with Gasteiger partial charge in [-0.15, -0.1) is 0 Å². The van der Waals surface area contributed by atoms with Gasteiger partial charge >= 0.3 is 5.97 Å². The highest BCUT2D eigenvalue weighted by atomic mass is 35.5. The van der Waals surface area contributed by atoms with E-state index in [1.54, 1.807) is 36.6 Å². The maximum absolute atomic E-state index is 12.4. The van der Waals surface area contributed by atoms with Gasteiger partial charge in [-0.1, -0.05) is 37.0 Å². The third kappa shape index (κ3) is 4.92. The van der Waals surface area contributed by atoms with Crippen molar-refractivity contribution in [3.8, 4) is 5.75 Å². The second-order valence-corrected chi connectivity index (χ2v) is 10.8. The summed E-state index contributed by atoms with van der Waals surface area (Å²) >= 11 is 11.4. The van der Waals surface area contributed by atoms with Crippen LogP contribution in [0.4, 0.5) is 0 Å². The van der Waals surface area contributed by atoms with Crippen molar-refractivity contribution < 1.29 is 17.9 Å². The van der Waals surface area contributed by atoms with Crippen molar-refractivity contribution in [1.82, 2.24) is 0 Å². The molecule has 5 nitrogen and oxygen atoms in total. The molecule has 0 bridgehead atoms. The number of hydrogen-bond donors (Lipinski definition) is 0. The monoisotopic (exact) mass is 429 g/mol. The van der Waals surface area contributed by atoms with E-state index in [2.05, 4.69) is 4.99 Å². The van der Waals surface area contributed by atoms with Crippen molar-refractivity contribution in [1.29, 1.82) is 0 Å². The fourth-order valence-electron chi connectivity index (χ4n) is 3.46. The number of carbonyl (C=O) groups is 1. The summed E-state index contributed by atoms with van der Waals surface area (Å²) in [6, 6.07) is 6.77. The number of hydrogen-bond acceptors (Lipinski definition) is 5. The molecule has 1 saturated heterocycles. The maximum Gasteiger partial charge on any atom is 0.315 e. The van der Waals surface area contributed by atoms with Crippen molar-refractivity contribution in [3.63, 3.8) is 0 Å². The van der Waals surface area contributed by atoms with E-state index in [1.807, 2.05) is 13.8 Å². The maximum atomic E-state index is 12.4. The van der Waals surface area contributed by atoms with E-state index in [9.17, 15) is 13.2 Å². The molecule has 8 heteroatoms. The molecule has 3 atom stereocenters. The fraction of sp³-hybridized carbons (Fsp3) is 0.474. The number of halogens is 2. The summed E-state index contributed by atoms with van der Waals surface area (Å²) in [4.78, 5) is 16.7. The van der Waals surface area contributed by atoms with Gasteiger partial charge in [0.05, 0.1) is 23.5 Å². The standard InChI is InChI=1S/C19H21Cl2NO4S/c1-19(2)15(9-16(20)21)17(19)18(23)26-14-5-3-12(4-6-14)10-22-13-7-8-27(24,25)11-13/h3-6,9-10,13,15,17H,7-8,11H2,1-2H3/t13-,15-,17-/m1/s1. The first kappa shape index (κ1) is 20.4. The molecule has 2 aliphatic rings. The molecule has 2 fully saturated rings. The lowest BCUT2D eigenvalue weighted by Gasteiger charge is -2.06. The highest BCUT2D eigenvalue weighted by Gasteiger charge is 2.61. The van der Waals surface area contributed by atoms with Gasteiger partial charge in [0.1, 0.15) is 10.2 Å². The van der Waals surface area contributed by atoms with Crippen molar-refractivity contribution in [2.24, 2.45) is 22.2 Å². The number of rotatable bonds is 5. The zero-order valence-corrected chi connectivity index (χ0v) is 17.4. The number of sulfone groups is 1. The average Bonchev–Trinajstić information content (AvgIpc) is 2.92. The van der Waals surface area contributed by atoms with Crippen molar-refractivity contribution >= 4 is 45.2 Å². The van der Waals surface area contributed by atoms with Crippen LogP contribution >= 0.6 is 23.2 Å². The molecule has 0 N–H and O–H groups in total. The Hall–Kier alpha value is -1.37. The molecule has 0 radical (unpaired) electrons. The number of carbonyl (C=O) groups excluding carboxylic acids is 1. The summed E-state index contributed by atoms with van der Waals surface area (Å²) in [6.07, 6.45) is 3.90. The van der Waals surface area contributed by atoms with Gasteiger partial charge in [0.2, 0.25) is 0 Å². The molecular weight excluding hydrogens is 409 g/mol. The van der Waals surface area contributed by atoms with Crippen LogP contribution in [0.2, 0.25) is 0 Å². The van der Waals surface area contributed by atoms with E-state index < -0.39 is 9.84 Å². The largest absolute Gasteiger partial charge is 0.426 e. The zero-order valence-electron chi connectivity index (χ0n) is 15.1. The van der Waals surface area contributed by atoms with E-state index >= 15 is 0 Å². The molecule has 1 heterocycles. The van der Waals surface area contributed by atoms with E-state index in [0.29, 0.717) is 12.2 Å². The third-order valence-corrected chi connectivity index (χ3v) is 7.21. The number of allylic oxidation sites excluding steroid dienone is 1. The van der Waals surface area contributed by atoms with Gasteiger partial charge in [0.15, 0.2) is 9.84 Å². The Morgan fingerprint density at radius 2 is 1.93 bits per heavy atom. The SMILES string of the molecule is CC1(C)[C@H](C=C(Cl)Cl)[C@@H]1C(=O)Oc1ccc(C=N[C@@H]2CCS(=O)(=O)C2)cc1. The molecule has 1 aromatic carbocycles. The van der Waals surface area contributed by atoms with Crippen LogP contribution in [-0.2, 0) is 14.6 Å². The first-order valence-corrected chi connectivity index (χ1v) is 11.2. The normalized spacial score (nSPS) is 28.1. The molecule has 1 aliphatic carbocycles. The molecule has 146 valence electrons. The van der Waals surface area contributed by atoms with Gasteiger partial charge in [-0.2, -0.15) is 0 Å². The Morgan fingerprint density at radius 3 is 2.48 bits per heavy atom. The highest BCUT2D eigenvalue weighted by Crippen LogP contribution is 2.60. The van der Waals surface area contributed by atoms with Gasteiger partial charge in [-0.25, -0.2) is 8.42 Å². The number of aliphatic imine (C=N–C) groups is 1. The minimum Gasteiger partial charge on any atom is -0.426 e. The molecule has 1 aliphatic heterocycles. The molecule has 1 aromatic rings. The van der Waals surface area contributed by atoms with Crippen LogP contribution in [-0.4, -0.2) is 38.1 Å². The van der Waals surface area contributed by atoms with E-state index in [0.717, 1.165) is 5.56 Å². The average molecular weight is 430 g/mol. The van der Waals surface area contributed by atoms with E-state index in [1.165, 1.54) is 0 Å². The summed E-state index contributed by atoms with van der Waals surface area (Å²) in [5.41, 5.74) is 0.584. The topological polar surface area (TPSA) is 72.8 Å². The molecule has 3 rings (SSSR count). The summed E-state index contributed by atoms with van der Waals surface area (Å²) < 4.78 is 28.5. The van der Waals surface area contributed by atoms with Gasteiger partial charge in [0.25, 0.3) is 0 Å². The predicted octanol–water partition coefficient (Wildman–Crippen LogP) is 3.79. The third-order valence-electron chi connectivity index (χ3n) is 5.21. The molecule has 0 aromatic heterocycles. The number of ether oxygens (including phenoxy) is 1. The smallest absolute Gasteiger partial charge is 0.315 e. The molecule has 0 amide bonds. The Kier molecular flexibility index (Phi) is 5.71. The fourth-order valence-corrected chi connectivity index (χ4v) is 5.37. The van der Waals surface area contributed by atoms with Crippen LogP contribution in [0.15, 0.2) is 39.8 Å². The molecule has 1 saturated carbocycles. The van der Waals surface area contributed by atoms with Gasteiger partial charge in [-0.3, -0.25) is 9.79 Å². The van der Waals surface area contributed by atoms with Crippen molar-refractivity contribution in [2.75, 3.05) is 11.5 Å². The molecular formula is C19H21Cl2NO4S. The first-order valence-electron chi connectivity index (χ1n) is 8.67. The van der Waals surface area contributed by atoms with Crippen LogP contribution in [0, 0.1) is 17.3 Å². The van der Waals surface area contributed by atoms with Gasteiger partial charge in [0, 0.05) is 6.21 Å². The first-order chi connectivity index (χ1) is 12.6. The second kappa shape index (κ2) is 7.57. The summed E-state index contributed by atoms with van der Waals surface area (Å²) in [5, 5.41) is 0. The molecule has 27 heavy (non-hydrogen) atoms. The number of benzene rings is 1. The minimum atomic E-state index is -2.94.